The fourth-order valence-corrected chi connectivity index (χ4v) is 2.34. The second-order valence-electron chi connectivity index (χ2n) is 4.05. The summed E-state index contributed by atoms with van der Waals surface area (Å²) in [6, 6.07) is 4.18. The molecule has 1 saturated carbocycles. The van der Waals surface area contributed by atoms with Gasteiger partial charge in [0.1, 0.15) is 11.9 Å². The van der Waals surface area contributed by atoms with E-state index in [9.17, 15) is 5.11 Å². The van der Waals surface area contributed by atoms with Gasteiger partial charge in [-0.2, -0.15) is 0 Å². The highest BCUT2D eigenvalue weighted by Gasteiger charge is 2.17. The van der Waals surface area contributed by atoms with E-state index in [1.54, 1.807) is 12.1 Å². The van der Waals surface area contributed by atoms with Crippen molar-refractivity contribution < 1.29 is 9.52 Å². The largest absolute Gasteiger partial charge is 0.452 e. The first-order valence-corrected chi connectivity index (χ1v) is 6.21. The van der Waals surface area contributed by atoms with E-state index in [-0.39, 0.29) is 0 Å². The van der Waals surface area contributed by atoms with E-state index in [1.807, 2.05) is 0 Å². The van der Waals surface area contributed by atoms with Crippen molar-refractivity contribution in [3.05, 3.63) is 22.6 Å². The van der Waals surface area contributed by atoms with E-state index < -0.39 is 6.10 Å². The van der Waals surface area contributed by atoms with Crippen molar-refractivity contribution in [2.24, 2.45) is 0 Å². The maximum Gasteiger partial charge on any atom is 0.169 e. The van der Waals surface area contributed by atoms with Crippen LogP contribution in [0.15, 0.2) is 21.2 Å². The van der Waals surface area contributed by atoms with Crippen LogP contribution in [-0.4, -0.2) is 17.7 Å². The van der Waals surface area contributed by atoms with E-state index >= 15 is 0 Å². The number of aliphatic hydroxyl groups is 1. The van der Waals surface area contributed by atoms with Crippen molar-refractivity contribution >= 4 is 15.9 Å². The molecule has 84 valence electrons. The van der Waals surface area contributed by atoms with Crippen LogP contribution in [0.5, 0.6) is 0 Å². The van der Waals surface area contributed by atoms with Crippen LogP contribution in [-0.2, 0) is 0 Å². The highest BCUT2D eigenvalue weighted by Crippen LogP contribution is 2.21. The number of hydrogen-bond acceptors (Lipinski definition) is 3. The molecule has 0 amide bonds. The van der Waals surface area contributed by atoms with Crippen LogP contribution in [0.4, 0.5) is 0 Å². The molecule has 3 nitrogen and oxygen atoms in total. The Kier molecular flexibility index (Phi) is 3.83. The normalized spacial score (nSPS) is 19.6. The van der Waals surface area contributed by atoms with E-state index in [2.05, 4.69) is 21.2 Å². The van der Waals surface area contributed by atoms with Crippen molar-refractivity contribution in [3.8, 4) is 0 Å². The fourth-order valence-electron chi connectivity index (χ4n) is 2.02. The first kappa shape index (κ1) is 11.2. The summed E-state index contributed by atoms with van der Waals surface area (Å²) >= 11 is 3.22. The second kappa shape index (κ2) is 5.14. The van der Waals surface area contributed by atoms with Crippen LogP contribution in [0.25, 0.3) is 0 Å². The molecule has 1 fully saturated rings. The van der Waals surface area contributed by atoms with Crippen LogP contribution in [0, 0.1) is 0 Å². The molecule has 1 aromatic heterocycles. The lowest BCUT2D eigenvalue weighted by Gasteiger charge is -2.14. The SMILES string of the molecule is OC(CNC1CCCC1)c1ccc(Br)o1. The second-order valence-corrected chi connectivity index (χ2v) is 4.83. The number of hydrogen-bond donors (Lipinski definition) is 2. The van der Waals surface area contributed by atoms with Crippen LogP contribution in [0.3, 0.4) is 0 Å². The molecule has 1 unspecified atom stereocenters. The van der Waals surface area contributed by atoms with E-state index in [0.717, 1.165) is 0 Å². The molecular formula is C11H16BrNO2. The van der Waals surface area contributed by atoms with E-state index in [4.69, 9.17) is 4.42 Å². The van der Waals surface area contributed by atoms with Gasteiger partial charge < -0.3 is 14.8 Å². The van der Waals surface area contributed by atoms with Gasteiger partial charge in [0.25, 0.3) is 0 Å². The summed E-state index contributed by atoms with van der Waals surface area (Å²) in [5, 5.41) is 13.2. The van der Waals surface area contributed by atoms with Gasteiger partial charge in [-0.25, -0.2) is 0 Å². The molecule has 4 heteroatoms. The molecule has 1 atom stereocenters. The molecule has 0 saturated heterocycles. The highest BCUT2D eigenvalue weighted by atomic mass is 79.9. The van der Waals surface area contributed by atoms with Gasteiger partial charge in [-0.05, 0) is 40.9 Å². The average Bonchev–Trinajstić information content (AvgIpc) is 2.84. The Hall–Kier alpha value is -0.320. The first-order chi connectivity index (χ1) is 7.25. The van der Waals surface area contributed by atoms with E-state index in [0.29, 0.717) is 23.0 Å². The Morgan fingerprint density at radius 1 is 1.47 bits per heavy atom. The predicted molar refractivity (Wildman–Crippen MR) is 61.6 cm³/mol. The minimum atomic E-state index is -0.545. The summed E-state index contributed by atoms with van der Waals surface area (Å²) in [6.45, 7) is 0.574. The van der Waals surface area contributed by atoms with Gasteiger partial charge in [-0.3, -0.25) is 0 Å². The Bertz CT molecular complexity index is 307. The Labute approximate surface area is 98.0 Å². The quantitative estimate of drug-likeness (QED) is 0.887. The Morgan fingerprint density at radius 2 is 2.20 bits per heavy atom. The topological polar surface area (TPSA) is 45.4 Å². The van der Waals surface area contributed by atoms with Gasteiger partial charge in [0.2, 0.25) is 0 Å². The summed E-state index contributed by atoms with van der Waals surface area (Å²) in [6.07, 6.45) is 4.53. The van der Waals surface area contributed by atoms with Crippen molar-refractivity contribution in [1.82, 2.24) is 5.32 Å². The molecule has 1 aliphatic rings. The molecule has 1 aliphatic carbocycles. The van der Waals surface area contributed by atoms with Crippen LogP contribution < -0.4 is 5.32 Å². The fraction of sp³-hybridized carbons (Fsp3) is 0.636. The maximum absolute atomic E-state index is 9.82. The Balaban J connectivity index is 1.79. The zero-order valence-corrected chi connectivity index (χ0v) is 10.2. The zero-order chi connectivity index (χ0) is 10.7. The molecule has 15 heavy (non-hydrogen) atoms. The average molecular weight is 274 g/mol. The standard InChI is InChI=1S/C11H16BrNO2/c12-11-6-5-10(15-11)9(14)7-13-8-3-1-2-4-8/h5-6,8-9,13-14H,1-4,7H2. The molecule has 2 N–H and O–H groups in total. The molecule has 0 bridgehead atoms. The number of nitrogens with one attached hydrogen (secondary N) is 1. The van der Waals surface area contributed by atoms with Crippen molar-refractivity contribution in [1.29, 1.82) is 0 Å². The van der Waals surface area contributed by atoms with Gasteiger partial charge in [0, 0.05) is 12.6 Å². The summed E-state index contributed by atoms with van der Waals surface area (Å²) in [4.78, 5) is 0. The third-order valence-electron chi connectivity index (χ3n) is 2.88. The number of furan rings is 1. The molecular weight excluding hydrogens is 258 g/mol. The maximum atomic E-state index is 9.82. The van der Waals surface area contributed by atoms with Crippen LogP contribution in [0.1, 0.15) is 37.5 Å². The van der Waals surface area contributed by atoms with Gasteiger partial charge in [0.15, 0.2) is 4.67 Å². The van der Waals surface area contributed by atoms with Gasteiger partial charge >= 0.3 is 0 Å². The first-order valence-electron chi connectivity index (χ1n) is 5.42. The summed E-state index contributed by atoms with van der Waals surface area (Å²) in [5.74, 6) is 0.618. The van der Waals surface area contributed by atoms with Crippen molar-refractivity contribution in [3.63, 3.8) is 0 Å². The lowest BCUT2D eigenvalue weighted by Crippen LogP contribution is -2.30. The Morgan fingerprint density at radius 3 is 2.80 bits per heavy atom. The third-order valence-corrected chi connectivity index (χ3v) is 3.30. The summed E-state index contributed by atoms with van der Waals surface area (Å²) in [7, 11) is 0. The smallest absolute Gasteiger partial charge is 0.169 e. The number of aliphatic hydroxyl groups excluding tert-OH is 1. The number of rotatable bonds is 4. The molecule has 1 aromatic rings. The van der Waals surface area contributed by atoms with Crippen molar-refractivity contribution in [2.75, 3.05) is 6.54 Å². The lowest BCUT2D eigenvalue weighted by molar-refractivity contribution is 0.142. The lowest BCUT2D eigenvalue weighted by atomic mass is 10.2. The summed E-state index contributed by atoms with van der Waals surface area (Å²) in [5.41, 5.74) is 0. The van der Waals surface area contributed by atoms with E-state index in [1.165, 1.54) is 25.7 Å². The minimum absolute atomic E-state index is 0.545. The van der Waals surface area contributed by atoms with Gasteiger partial charge in [0.05, 0.1) is 0 Å². The zero-order valence-electron chi connectivity index (χ0n) is 8.58. The number of halogens is 1. The van der Waals surface area contributed by atoms with Gasteiger partial charge in [-0.1, -0.05) is 12.8 Å². The molecule has 0 aliphatic heterocycles. The van der Waals surface area contributed by atoms with Gasteiger partial charge in [-0.15, -0.1) is 0 Å². The molecule has 0 radical (unpaired) electrons. The molecule has 1 heterocycles. The predicted octanol–water partition coefficient (Wildman–Crippen LogP) is 2.61. The van der Waals surface area contributed by atoms with Crippen LogP contribution >= 0.6 is 15.9 Å². The highest BCUT2D eigenvalue weighted by molar-refractivity contribution is 9.10. The van der Waals surface area contributed by atoms with Crippen molar-refractivity contribution in [2.45, 2.75) is 37.8 Å². The monoisotopic (exact) mass is 273 g/mol. The minimum Gasteiger partial charge on any atom is -0.452 e. The molecule has 2 rings (SSSR count). The molecule has 0 spiro atoms. The van der Waals surface area contributed by atoms with Crippen LogP contribution in [0.2, 0.25) is 0 Å². The molecule has 0 aromatic carbocycles. The summed E-state index contributed by atoms with van der Waals surface area (Å²) < 4.78 is 5.95. The third kappa shape index (κ3) is 3.06.